The highest BCUT2D eigenvalue weighted by Crippen LogP contribution is 2.30. The van der Waals surface area contributed by atoms with Crippen LogP contribution >= 0.6 is 11.6 Å². The van der Waals surface area contributed by atoms with Gasteiger partial charge in [0, 0.05) is 17.1 Å². The van der Waals surface area contributed by atoms with Crippen LogP contribution in [0.5, 0.6) is 0 Å². The van der Waals surface area contributed by atoms with Crippen LogP contribution in [-0.4, -0.2) is 20.2 Å². The van der Waals surface area contributed by atoms with E-state index in [-0.39, 0.29) is 5.54 Å². The van der Waals surface area contributed by atoms with Gasteiger partial charge in [-0.2, -0.15) is 0 Å². The summed E-state index contributed by atoms with van der Waals surface area (Å²) in [5.74, 6) is 0.877. The normalized spacial score (nSPS) is 11.8. The minimum absolute atomic E-state index is 0.0897. The molecule has 0 amide bonds. The highest BCUT2D eigenvalue weighted by atomic mass is 35.5. The number of halogens is 1. The summed E-state index contributed by atoms with van der Waals surface area (Å²) in [6.07, 6.45) is 2.99. The number of nitrogens with zero attached hydrogens (tertiary/aromatic N) is 4. The maximum absolute atomic E-state index is 6.01. The van der Waals surface area contributed by atoms with E-state index in [9.17, 15) is 0 Å². The van der Waals surface area contributed by atoms with Crippen molar-refractivity contribution in [3.63, 3.8) is 0 Å². The zero-order valence-corrected chi connectivity index (χ0v) is 14.3. The van der Waals surface area contributed by atoms with Gasteiger partial charge in [-0.1, -0.05) is 44.5 Å². The Morgan fingerprint density at radius 3 is 2.41 bits per heavy atom. The molecule has 22 heavy (non-hydrogen) atoms. The molecule has 6 heteroatoms. The van der Waals surface area contributed by atoms with Gasteiger partial charge in [0.15, 0.2) is 5.82 Å². The van der Waals surface area contributed by atoms with Crippen LogP contribution in [0.25, 0.3) is 0 Å². The van der Waals surface area contributed by atoms with Gasteiger partial charge < -0.3 is 5.32 Å². The van der Waals surface area contributed by atoms with E-state index in [1.165, 1.54) is 5.56 Å². The minimum atomic E-state index is -0.0897. The first-order valence-corrected chi connectivity index (χ1v) is 8.29. The molecule has 0 saturated carbocycles. The molecule has 0 saturated heterocycles. The second-order valence-electron chi connectivity index (χ2n) is 5.47. The SMILES string of the molecule is CCCn1nnnc1CNC(CC)(CC)c1ccc(Cl)cc1. The summed E-state index contributed by atoms with van der Waals surface area (Å²) < 4.78 is 1.87. The molecule has 0 aliphatic carbocycles. The molecule has 120 valence electrons. The van der Waals surface area contributed by atoms with Gasteiger partial charge >= 0.3 is 0 Å². The van der Waals surface area contributed by atoms with Crippen LogP contribution in [0.4, 0.5) is 0 Å². The quantitative estimate of drug-likeness (QED) is 0.808. The lowest BCUT2D eigenvalue weighted by atomic mass is 9.84. The van der Waals surface area contributed by atoms with Crippen molar-refractivity contribution in [2.45, 2.75) is 58.7 Å². The number of benzene rings is 1. The lowest BCUT2D eigenvalue weighted by molar-refractivity contribution is 0.299. The van der Waals surface area contributed by atoms with Crippen molar-refractivity contribution in [2.24, 2.45) is 0 Å². The van der Waals surface area contributed by atoms with Crippen LogP contribution in [0.2, 0.25) is 5.02 Å². The number of aryl methyl sites for hydroxylation is 1. The van der Waals surface area contributed by atoms with E-state index in [1.807, 2.05) is 16.8 Å². The van der Waals surface area contributed by atoms with E-state index in [0.717, 1.165) is 36.7 Å². The molecule has 2 aromatic rings. The molecule has 0 unspecified atom stereocenters. The number of aromatic nitrogens is 4. The maximum Gasteiger partial charge on any atom is 0.165 e. The number of rotatable bonds is 8. The molecular weight excluding hydrogens is 298 g/mol. The zero-order valence-electron chi connectivity index (χ0n) is 13.5. The largest absolute Gasteiger partial charge is 0.300 e. The fourth-order valence-electron chi connectivity index (χ4n) is 2.76. The summed E-state index contributed by atoms with van der Waals surface area (Å²) in [5.41, 5.74) is 1.16. The molecule has 0 radical (unpaired) electrons. The van der Waals surface area contributed by atoms with Crippen molar-refractivity contribution < 1.29 is 0 Å². The molecule has 0 atom stereocenters. The summed E-state index contributed by atoms with van der Waals surface area (Å²) in [5, 5.41) is 16.4. The van der Waals surface area contributed by atoms with Crippen LogP contribution in [0.3, 0.4) is 0 Å². The van der Waals surface area contributed by atoms with Crippen molar-refractivity contribution in [2.75, 3.05) is 0 Å². The van der Waals surface area contributed by atoms with E-state index in [1.54, 1.807) is 0 Å². The fourth-order valence-corrected chi connectivity index (χ4v) is 2.89. The first-order valence-electron chi connectivity index (χ1n) is 7.91. The van der Waals surface area contributed by atoms with Crippen LogP contribution in [-0.2, 0) is 18.6 Å². The third-order valence-electron chi connectivity index (χ3n) is 4.23. The summed E-state index contributed by atoms with van der Waals surface area (Å²) in [7, 11) is 0. The van der Waals surface area contributed by atoms with Gasteiger partial charge in [0.2, 0.25) is 0 Å². The van der Waals surface area contributed by atoms with E-state index >= 15 is 0 Å². The van der Waals surface area contributed by atoms with Gasteiger partial charge in [-0.05, 0) is 47.4 Å². The summed E-state index contributed by atoms with van der Waals surface area (Å²) in [6.45, 7) is 8.00. The molecule has 0 aliphatic heterocycles. The minimum Gasteiger partial charge on any atom is -0.300 e. The Bertz CT molecular complexity index is 574. The smallest absolute Gasteiger partial charge is 0.165 e. The molecule has 0 fully saturated rings. The molecule has 0 aliphatic rings. The van der Waals surface area contributed by atoms with E-state index in [4.69, 9.17) is 11.6 Å². The Morgan fingerprint density at radius 1 is 1.14 bits per heavy atom. The Kier molecular flexibility index (Phi) is 5.91. The second kappa shape index (κ2) is 7.70. The van der Waals surface area contributed by atoms with Crippen molar-refractivity contribution in [1.29, 1.82) is 0 Å². The standard InChI is InChI=1S/C16H24ClN5/c1-4-11-22-15(19-20-21-22)12-18-16(5-2,6-3)13-7-9-14(17)10-8-13/h7-10,18H,4-6,11-12H2,1-3H3. The lowest BCUT2D eigenvalue weighted by Crippen LogP contribution is -2.41. The van der Waals surface area contributed by atoms with E-state index < -0.39 is 0 Å². The number of hydrogen-bond acceptors (Lipinski definition) is 4. The monoisotopic (exact) mass is 321 g/mol. The van der Waals surface area contributed by atoms with Crippen molar-refractivity contribution in [3.8, 4) is 0 Å². The molecule has 0 spiro atoms. The molecule has 0 bridgehead atoms. The van der Waals surface area contributed by atoms with Crippen LogP contribution in [0, 0.1) is 0 Å². The van der Waals surface area contributed by atoms with Crippen LogP contribution in [0.15, 0.2) is 24.3 Å². The summed E-state index contributed by atoms with van der Waals surface area (Å²) in [4.78, 5) is 0. The summed E-state index contributed by atoms with van der Waals surface area (Å²) >= 11 is 6.01. The van der Waals surface area contributed by atoms with Crippen molar-refractivity contribution in [1.82, 2.24) is 25.5 Å². The predicted octanol–water partition coefficient (Wildman–Crippen LogP) is 3.54. The number of hydrogen-bond donors (Lipinski definition) is 1. The van der Waals surface area contributed by atoms with Gasteiger partial charge in [-0.15, -0.1) is 5.10 Å². The Hall–Kier alpha value is -1.46. The highest BCUT2D eigenvalue weighted by molar-refractivity contribution is 6.30. The Labute approximate surface area is 137 Å². The van der Waals surface area contributed by atoms with Crippen molar-refractivity contribution in [3.05, 3.63) is 40.7 Å². The molecule has 1 N–H and O–H groups in total. The molecule has 2 rings (SSSR count). The van der Waals surface area contributed by atoms with E-state index in [0.29, 0.717) is 6.54 Å². The molecule has 1 aromatic carbocycles. The second-order valence-corrected chi connectivity index (χ2v) is 5.90. The van der Waals surface area contributed by atoms with Crippen molar-refractivity contribution >= 4 is 11.6 Å². The number of tetrazole rings is 1. The molecular formula is C16H24ClN5. The first-order chi connectivity index (χ1) is 10.6. The van der Waals surface area contributed by atoms with Gasteiger partial charge in [0.05, 0.1) is 6.54 Å². The molecule has 1 aromatic heterocycles. The fraction of sp³-hybridized carbons (Fsp3) is 0.562. The average Bonchev–Trinajstić information content (AvgIpc) is 2.98. The van der Waals surface area contributed by atoms with Crippen LogP contribution < -0.4 is 5.32 Å². The topological polar surface area (TPSA) is 55.6 Å². The van der Waals surface area contributed by atoms with Gasteiger partial charge in [0.1, 0.15) is 0 Å². The lowest BCUT2D eigenvalue weighted by Gasteiger charge is -2.33. The predicted molar refractivity (Wildman–Crippen MR) is 88.7 cm³/mol. The Morgan fingerprint density at radius 2 is 1.82 bits per heavy atom. The summed E-state index contributed by atoms with van der Waals surface area (Å²) in [6, 6.07) is 8.08. The molecule has 1 heterocycles. The molecule has 5 nitrogen and oxygen atoms in total. The van der Waals surface area contributed by atoms with Gasteiger partial charge in [0.25, 0.3) is 0 Å². The Balaban J connectivity index is 2.17. The third-order valence-corrected chi connectivity index (χ3v) is 4.48. The maximum atomic E-state index is 6.01. The third kappa shape index (κ3) is 3.65. The first kappa shape index (κ1) is 16.9. The zero-order chi connectivity index (χ0) is 16.0. The van der Waals surface area contributed by atoms with Gasteiger partial charge in [-0.25, -0.2) is 4.68 Å². The van der Waals surface area contributed by atoms with E-state index in [2.05, 4.69) is 53.7 Å². The van der Waals surface area contributed by atoms with Gasteiger partial charge in [-0.3, -0.25) is 0 Å². The number of nitrogens with one attached hydrogen (secondary N) is 1. The average molecular weight is 322 g/mol. The highest BCUT2D eigenvalue weighted by Gasteiger charge is 2.28. The van der Waals surface area contributed by atoms with Crippen LogP contribution in [0.1, 0.15) is 51.4 Å².